The highest BCUT2D eigenvalue weighted by molar-refractivity contribution is 7.53. The fourth-order valence-electron chi connectivity index (χ4n) is 1.51. The van der Waals surface area contributed by atoms with E-state index in [2.05, 4.69) is 14.6 Å². The molecule has 1 unspecified atom stereocenters. The van der Waals surface area contributed by atoms with Crippen LogP contribution >= 0.6 is 7.60 Å². The fraction of sp³-hybridized carbons (Fsp3) is 0.778. The van der Waals surface area contributed by atoms with E-state index in [0.29, 0.717) is 13.0 Å². The van der Waals surface area contributed by atoms with Crippen molar-refractivity contribution in [3.8, 4) is 0 Å². The Morgan fingerprint density at radius 3 is 2.76 bits per heavy atom. The van der Waals surface area contributed by atoms with Crippen LogP contribution in [-0.4, -0.2) is 42.2 Å². The van der Waals surface area contributed by atoms with Crippen LogP contribution in [0.1, 0.15) is 19.8 Å². The first kappa shape index (κ1) is 14.3. The molecule has 0 aromatic rings. The molecule has 0 spiro atoms. The second-order valence-corrected chi connectivity index (χ2v) is 5.50. The van der Waals surface area contributed by atoms with Gasteiger partial charge in [-0.1, -0.05) is 0 Å². The van der Waals surface area contributed by atoms with Crippen molar-refractivity contribution >= 4 is 19.5 Å². The van der Waals surface area contributed by atoms with Gasteiger partial charge in [0.05, 0.1) is 6.61 Å². The summed E-state index contributed by atoms with van der Waals surface area (Å²) in [6, 6.07) is -0.496. The number of ether oxygens (including phenoxy) is 1. The van der Waals surface area contributed by atoms with Crippen LogP contribution in [0, 0.1) is 0 Å². The van der Waals surface area contributed by atoms with Crippen molar-refractivity contribution < 1.29 is 28.3 Å². The molecule has 98 valence electrons. The van der Waals surface area contributed by atoms with Crippen LogP contribution in [0.5, 0.6) is 0 Å². The van der Waals surface area contributed by atoms with E-state index in [1.165, 1.54) is 6.92 Å². The molecule has 1 saturated heterocycles. The van der Waals surface area contributed by atoms with Crippen molar-refractivity contribution in [1.82, 2.24) is 5.32 Å². The number of carbonyl (C=O) groups excluding carboxylic acids is 2. The Hall–Kier alpha value is -0.750. The maximum absolute atomic E-state index is 11.4. The highest BCUT2D eigenvalue weighted by Crippen LogP contribution is 2.41. The average Bonchev–Trinajstić information content (AvgIpc) is 2.68. The quantitative estimate of drug-likeness (QED) is 0.410. The summed E-state index contributed by atoms with van der Waals surface area (Å²) in [5, 5.41) is 2.86. The largest absolute Gasteiger partial charge is 0.391 e. The van der Waals surface area contributed by atoms with Crippen LogP contribution in [0.15, 0.2) is 0 Å². The van der Waals surface area contributed by atoms with Crippen molar-refractivity contribution in [2.45, 2.75) is 25.8 Å². The van der Waals surface area contributed by atoms with E-state index in [1.54, 1.807) is 0 Å². The molecule has 0 aromatic heterocycles. The Morgan fingerprint density at radius 1 is 1.53 bits per heavy atom. The van der Waals surface area contributed by atoms with Crippen molar-refractivity contribution in [2.24, 2.45) is 0 Å². The van der Waals surface area contributed by atoms with E-state index in [4.69, 9.17) is 4.89 Å². The fourth-order valence-corrected chi connectivity index (χ4v) is 2.40. The molecule has 8 heteroatoms. The van der Waals surface area contributed by atoms with E-state index in [-0.39, 0.29) is 6.61 Å². The molecule has 1 heterocycles. The number of hydrogen-bond acceptors (Lipinski definition) is 6. The van der Waals surface area contributed by atoms with Gasteiger partial charge >= 0.3 is 19.5 Å². The Bertz CT molecular complexity index is 338. The predicted molar refractivity (Wildman–Crippen MR) is 58.4 cm³/mol. The summed E-state index contributed by atoms with van der Waals surface area (Å²) >= 11 is 0. The molecular weight excluding hydrogens is 249 g/mol. The third kappa shape index (κ3) is 4.95. The summed E-state index contributed by atoms with van der Waals surface area (Å²) in [4.78, 5) is 31.8. The Balaban J connectivity index is 2.38. The molecule has 0 radical (unpaired) electrons. The molecule has 2 N–H and O–H groups in total. The average molecular weight is 265 g/mol. The van der Waals surface area contributed by atoms with Gasteiger partial charge in [0, 0.05) is 0 Å². The van der Waals surface area contributed by atoms with Crippen LogP contribution in [0.4, 0.5) is 0 Å². The van der Waals surface area contributed by atoms with Gasteiger partial charge < -0.3 is 19.5 Å². The molecule has 0 saturated carbocycles. The number of rotatable bonds is 5. The smallest absolute Gasteiger partial charge is 0.339 e. The minimum absolute atomic E-state index is 0.0131. The molecular formula is C9H16NO6P. The summed E-state index contributed by atoms with van der Waals surface area (Å²) < 4.78 is 20.2. The standard InChI is InChI=1S/C9H16NO6P/c1-2-15-17(13,14)6-8(11)16-9(12)7-4-3-5-10-7/h7,10H,2-6H2,1H3,(H,13,14)/t7-/m0/s1. The molecule has 17 heavy (non-hydrogen) atoms. The SMILES string of the molecule is CCOP(=O)(O)CC(=O)OC(=O)[C@@H]1CCCN1. The first-order valence-corrected chi connectivity index (χ1v) is 7.15. The highest BCUT2D eigenvalue weighted by Gasteiger charge is 2.29. The lowest BCUT2D eigenvalue weighted by Crippen LogP contribution is -2.34. The lowest BCUT2D eigenvalue weighted by atomic mass is 10.2. The zero-order valence-electron chi connectivity index (χ0n) is 9.55. The van der Waals surface area contributed by atoms with Crippen LogP contribution in [0.2, 0.25) is 0 Å². The molecule has 2 atom stereocenters. The van der Waals surface area contributed by atoms with Gasteiger partial charge in [-0.3, -0.25) is 9.36 Å². The second kappa shape index (κ2) is 6.26. The van der Waals surface area contributed by atoms with E-state index >= 15 is 0 Å². The second-order valence-electron chi connectivity index (χ2n) is 3.66. The third-order valence-corrected chi connectivity index (χ3v) is 3.54. The third-order valence-electron chi connectivity index (χ3n) is 2.22. The van der Waals surface area contributed by atoms with Crippen molar-refractivity contribution in [3.63, 3.8) is 0 Å². The van der Waals surface area contributed by atoms with Gasteiger partial charge in [0.1, 0.15) is 12.2 Å². The first-order chi connectivity index (χ1) is 7.94. The lowest BCUT2D eigenvalue weighted by molar-refractivity contribution is -0.159. The van der Waals surface area contributed by atoms with Crippen LogP contribution < -0.4 is 5.32 Å². The summed E-state index contributed by atoms with van der Waals surface area (Å²) in [6.07, 6.45) is 0.638. The molecule has 0 aliphatic carbocycles. The Morgan fingerprint density at radius 2 is 2.24 bits per heavy atom. The molecule has 0 bridgehead atoms. The Kier molecular flexibility index (Phi) is 5.27. The predicted octanol–water partition coefficient (Wildman–Crippen LogP) is 0.0301. The monoisotopic (exact) mass is 265 g/mol. The van der Waals surface area contributed by atoms with E-state index < -0.39 is 31.7 Å². The van der Waals surface area contributed by atoms with Gasteiger partial charge in [0.15, 0.2) is 0 Å². The van der Waals surface area contributed by atoms with Gasteiger partial charge in [-0.15, -0.1) is 0 Å². The van der Waals surface area contributed by atoms with Crippen LogP contribution in [0.3, 0.4) is 0 Å². The zero-order chi connectivity index (χ0) is 12.9. The topological polar surface area (TPSA) is 102 Å². The van der Waals surface area contributed by atoms with Crippen molar-refractivity contribution in [3.05, 3.63) is 0 Å². The van der Waals surface area contributed by atoms with Crippen molar-refractivity contribution in [2.75, 3.05) is 19.3 Å². The number of esters is 2. The van der Waals surface area contributed by atoms with E-state index in [1.807, 2.05) is 0 Å². The minimum atomic E-state index is -3.98. The molecule has 0 aromatic carbocycles. The van der Waals surface area contributed by atoms with Gasteiger partial charge in [0.25, 0.3) is 0 Å². The summed E-state index contributed by atoms with van der Waals surface area (Å²) in [5.41, 5.74) is 0. The normalized spacial score (nSPS) is 23.1. The zero-order valence-corrected chi connectivity index (χ0v) is 10.4. The first-order valence-electron chi connectivity index (χ1n) is 5.39. The molecule has 1 aliphatic rings. The van der Waals surface area contributed by atoms with Crippen LogP contribution in [-0.2, 0) is 23.4 Å². The summed E-state index contributed by atoms with van der Waals surface area (Å²) in [6.45, 7) is 2.24. The number of nitrogens with one attached hydrogen (secondary N) is 1. The van der Waals surface area contributed by atoms with Gasteiger partial charge in [-0.25, -0.2) is 4.79 Å². The Labute approximate surface area is 99.0 Å². The maximum atomic E-state index is 11.4. The van der Waals surface area contributed by atoms with Gasteiger partial charge in [0.2, 0.25) is 0 Å². The maximum Gasteiger partial charge on any atom is 0.339 e. The highest BCUT2D eigenvalue weighted by atomic mass is 31.2. The van der Waals surface area contributed by atoms with Crippen molar-refractivity contribution in [1.29, 1.82) is 0 Å². The molecule has 0 amide bonds. The molecule has 1 fully saturated rings. The van der Waals surface area contributed by atoms with Gasteiger partial charge in [-0.2, -0.15) is 0 Å². The number of hydrogen-bond donors (Lipinski definition) is 2. The number of carbonyl (C=O) groups is 2. The molecule has 1 rings (SSSR count). The lowest BCUT2D eigenvalue weighted by Gasteiger charge is -2.11. The van der Waals surface area contributed by atoms with E-state index in [0.717, 1.165) is 6.42 Å². The summed E-state index contributed by atoms with van der Waals surface area (Å²) in [7, 11) is -3.98. The molecule has 7 nitrogen and oxygen atoms in total. The summed E-state index contributed by atoms with van der Waals surface area (Å²) in [5.74, 6) is -1.74. The van der Waals surface area contributed by atoms with E-state index in [9.17, 15) is 14.2 Å². The van der Waals surface area contributed by atoms with Gasteiger partial charge in [-0.05, 0) is 26.3 Å². The molecule has 1 aliphatic heterocycles. The van der Waals surface area contributed by atoms with Crippen LogP contribution in [0.25, 0.3) is 0 Å². The minimum Gasteiger partial charge on any atom is -0.391 e.